The van der Waals surface area contributed by atoms with Gasteiger partial charge in [0.05, 0.1) is 0 Å². The molecule has 1 aromatic carbocycles. The fourth-order valence-electron chi connectivity index (χ4n) is 1.70. The minimum absolute atomic E-state index is 0.927. The molecule has 16 heavy (non-hydrogen) atoms. The van der Waals surface area contributed by atoms with Crippen molar-refractivity contribution >= 4 is 5.57 Å². The maximum atomic E-state index is 3.15. The van der Waals surface area contributed by atoms with Crippen molar-refractivity contribution in [3.63, 3.8) is 0 Å². The van der Waals surface area contributed by atoms with E-state index in [0.29, 0.717) is 0 Å². The second kappa shape index (κ2) is 7.02. The molecule has 0 aliphatic rings. The second-order valence-electron chi connectivity index (χ2n) is 3.79. The topological polar surface area (TPSA) is 12.0 Å². The normalized spacial score (nSPS) is 12.3. The third-order valence-corrected chi connectivity index (χ3v) is 2.44. The fraction of sp³-hybridized carbons (Fsp3) is 0.333. The van der Waals surface area contributed by atoms with Crippen molar-refractivity contribution in [2.24, 2.45) is 0 Å². The fourth-order valence-corrected chi connectivity index (χ4v) is 1.70. The maximum Gasteiger partial charge on any atom is 0.0202 e. The van der Waals surface area contributed by atoms with Gasteiger partial charge < -0.3 is 5.32 Å². The molecule has 0 unspecified atom stereocenters. The Morgan fingerprint density at radius 3 is 2.44 bits per heavy atom. The van der Waals surface area contributed by atoms with Gasteiger partial charge in [0.15, 0.2) is 0 Å². The minimum Gasteiger partial charge on any atom is -0.316 e. The van der Waals surface area contributed by atoms with Crippen LogP contribution in [0, 0.1) is 0 Å². The van der Waals surface area contributed by atoms with E-state index in [1.54, 1.807) is 0 Å². The van der Waals surface area contributed by atoms with E-state index in [2.05, 4.69) is 61.7 Å². The molecule has 0 bridgehead atoms. The lowest BCUT2D eigenvalue weighted by molar-refractivity contribution is 0.818. The summed E-state index contributed by atoms with van der Waals surface area (Å²) in [5.74, 6) is 0. The number of hydrogen-bond acceptors (Lipinski definition) is 1. The van der Waals surface area contributed by atoms with E-state index in [9.17, 15) is 0 Å². The van der Waals surface area contributed by atoms with E-state index in [1.165, 1.54) is 16.7 Å². The van der Waals surface area contributed by atoms with Gasteiger partial charge in [-0.05, 0) is 37.1 Å². The molecule has 0 radical (unpaired) electrons. The van der Waals surface area contributed by atoms with Crippen molar-refractivity contribution in [2.45, 2.75) is 26.8 Å². The Morgan fingerprint density at radius 1 is 1.25 bits per heavy atom. The van der Waals surface area contributed by atoms with Crippen LogP contribution in [0.4, 0.5) is 0 Å². The molecule has 86 valence electrons. The maximum absolute atomic E-state index is 3.15. The van der Waals surface area contributed by atoms with E-state index in [4.69, 9.17) is 0 Å². The van der Waals surface area contributed by atoms with E-state index < -0.39 is 0 Å². The zero-order valence-electron chi connectivity index (χ0n) is 10.5. The molecule has 0 fully saturated rings. The summed E-state index contributed by atoms with van der Waals surface area (Å²) in [6.45, 7) is 5.15. The number of allylic oxidation sites excluding steroid dienone is 4. The Kier molecular flexibility index (Phi) is 5.58. The van der Waals surface area contributed by atoms with Crippen LogP contribution in [0.2, 0.25) is 0 Å². The molecule has 0 aliphatic heterocycles. The summed E-state index contributed by atoms with van der Waals surface area (Å²) in [4.78, 5) is 0. The Balaban J connectivity index is 2.90. The Hall–Kier alpha value is -1.34. The summed E-state index contributed by atoms with van der Waals surface area (Å²) < 4.78 is 0. The number of hydrogen-bond donors (Lipinski definition) is 1. The van der Waals surface area contributed by atoms with Gasteiger partial charge in [-0.25, -0.2) is 0 Å². The van der Waals surface area contributed by atoms with Gasteiger partial charge in [-0.15, -0.1) is 0 Å². The molecule has 1 rings (SSSR count). The van der Waals surface area contributed by atoms with Gasteiger partial charge in [0.25, 0.3) is 0 Å². The molecule has 0 spiro atoms. The number of benzene rings is 1. The van der Waals surface area contributed by atoms with Crippen LogP contribution in [0.25, 0.3) is 5.57 Å². The highest BCUT2D eigenvalue weighted by molar-refractivity contribution is 5.73. The largest absolute Gasteiger partial charge is 0.316 e. The lowest BCUT2D eigenvalue weighted by Gasteiger charge is -2.05. The van der Waals surface area contributed by atoms with Gasteiger partial charge in [-0.2, -0.15) is 0 Å². The second-order valence-corrected chi connectivity index (χ2v) is 3.79. The monoisotopic (exact) mass is 215 g/mol. The van der Waals surface area contributed by atoms with Crippen LogP contribution in [0.5, 0.6) is 0 Å². The van der Waals surface area contributed by atoms with Crippen molar-refractivity contribution in [1.29, 1.82) is 0 Å². The molecule has 1 heteroatoms. The van der Waals surface area contributed by atoms with E-state index in [1.807, 2.05) is 7.05 Å². The first-order valence-corrected chi connectivity index (χ1v) is 5.88. The summed E-state index contributed by atoms with van der Waals surface area (Å²) in [6, 6.07) is 8.74. The van der Waals surface area contributed by atoms with Gasteiger partial charge in [0.2, 0.25) is 0 Å². The van der Waals surface area contributed by atoms with Gasteiger partial charge in [-0.3, -0.25) is 0 Å². The third-order valence-electron chi connectivity index (χ3n) is 2.44. The van der Waals surface area contributed by atoms with Crippen molar-refractivity contribution < 1.29 is 0 Å². The van der Waals surface area contributed by atoms with E-state index in [0.717, 1.165) is 13.0 Å². The standard InChI is InChI=1S/C15H21N/c1-4-6-14(7-5-2)15-10-8-13(9-11-15)12-16-3/h4,6-11,16H,5,12H2,1-3H3/b6-4-,14-7+. The zero-order valence-corrected chi connectivity index (χ0v) is 10.5. The first-order chi connectivity index (χ1) is 7.81. The zero-order chi connectivity index (χ0) is 11.8. The predicted octanol–water partition coefficient (Wildman–Crippen LogP) is 3.78. The quantitative estimate of drug-likeness (QED) is 0.737. The highest BCUT2D eigenvalue weighted by Crippen LogP contribution is 2.17. The minimum atomic E-state index is 0.927. The average Bonchev–Trinajstić information content (AvgIpc) is 2.30. The van der Waals surface area contributed by atoms with E-state index in [-0.39, 0.29) is 0 Å². The molecule has 0 heterocycles. The lowest BCUT2D eigenvalue weighted by atomic mass is 10.0. The third kappa shape index (κ3) is 3.67. The molecule has 1 nitrogen and oxygen atoms in total. The Labute approximate surface area is 98.9 Å². The van der Waals surface area contributed by atoms with Crippen LogP contribution in [0.3, 0.4) is 0 Å². The molecular weight excluding hydrogens is 194 g/mol. The van der Waals surface area contributed by atoms with Crippen molar-refractivity contribution in [3.8, 4) is 0 Å². The van der Waals surface area contributed by atoms with Gasteiger partial charge in [0, 0.05) is 6.54 Å². The van der Waals surface area contributed by atoms with Crippen LogP contribution < -0.4 is 5.32 Å². The molecule has 0 amide bonds. The molecule has 0 aliphatic carbocycles. The summed E-state index contributed by atoms with van der Waals surface area (Å²) in [7, 11) is 1.97. The van der Waals surface area contributed by atoms with Crippen LogP contribution in [-0.4, -0.2) is 7.05 Å². The highest BCUT2D eigenvalue weighted by atomic mass is 14.8. The summed E-state index contributed by atoms with van der Waals surface area (Å²) in [5.41, 5.74) is 3.92. The Bertz CT molecular complexity index is 358. The summed E-state index contributed by atoms with van der Waals surface area (Å²) in [6.07, 6.45) is 7.57. The van der Waals surface area contributed by atoms with Crippen LogP contribution >= 0.6 is 0 Å². The Morgan fingerprint density at radius 2 is 1.94 bits per heavy atom. The molecule has 0 saturated heterocycles. The predicted molar refractivity (Wildman–Crippen MR) is 72.3 cm³/mol. The van der Waals surface area contributed by atoms with Crippen molar-refractivity contribution in [3.05, 3.63) is 53.6 Å². The van der Waals surface area contributed by atoms with Crippen LogP contribution in [0.1, 0.15) is 31.4 Å². The molecule has 0 saturated carbocycles. The van der Waals surface area contributed by atoms with Gasteiger partial charge >= 0.3 is 0 Å². The number of rotatable bonds is 5. The lowest BCUT2D eigenvalue weighted by Crippen LogP contribution is -2.04. The molecular formula is C15H21N. The van der Waals surface area contributed by atoms with Crippen molar-refractivity contribution in [1.82, 2.24) is 5.32 Å². The van der Waals surface area contributed by atoms with Crippen molar-refractivity contribution in [2.75, 3.05) is 7.05 Å². The first kappa shape index (κ1) is 12.7. The first-order valence-electron chi connectivity index (χ1n) is 5.88. The molecule has 0 aromatic heterocycles. The van der Waals surface area contributed by atoms with Gasteiger partial charge in [-0.1, -0.05) is 49.4 Å². The van der Waals surface area contributed by atoms with E-state index >= 15 is 0 Å². The summed E-state index contributed by atoms with van der Waals surface area (Å²) >= 11 is 0. The van der Waals surface area contributed by atoms with Crippen LogP contribution in [0.15, 0.2) is 42.5 Å². The SMILES string of the molecule is C/C=C\C(=C/CC)c1ccc(CNC)cc1. The highest BCUT2D eigenvalue weighted by Gasteiger charge is 1.97. The van der Waals surface area contributed by atoms with Gasteiger partial charge in [0.1, 0.15) is 0 Å². The number of nitrogens with one attached hydrogen (secondary N) is 1. The molecule has 1 N–H and O–H groups in total. The van der Waals surface area contributed by atoms with Crippen LogP contribution in [-0.2, 0) is 6.54 Å². The molecule has 1 aromatic rings. The summed E-state index contributed by atoms with van der Waals surface area (Å²) in [5, 5.41) is 3.15. The smallest absolute Gasteiger partial charge is 0.0202 e. The molecule has 0 atom stereocenters. The average molecular weight is 215 g/mol.